The molecule has 0 bridgehead atoms. The van der Waals surface area contributed by atoms with E-state index in [1.54, 1.807) is 11.9 Å². The van der Waals surface area contributed by atoms with Gasteiger partial charge in [0.2, 0.25) is 0 Å². The third kappa shape index (κ3) is 6.22. The highest BCUT2D eigenvalue weighted by Crippen LogP contribution is 2.22. The predicted molar refractivity (Wildman–Crippen MR) is 98.1 cm³/mol. The Hall–Kier alpha value is -2.05. The summed E-state index contributed by atoms with van der Waals surface area (Å²) in [6.45, 7) is 0.356. The van der Waals surface area contributed by atoms with E-state index in [2.05, 4.69) is 5.16 Å². The van der Waals surface area contributed by atoms with E-state index in [0.29, 0.717) is 23.1 Å². The molecule has 2 rings (SSSR count). The van der Waals surface area contributed by atoms with Crippen LogP contribution in [0.25, 0.3) is 0 Å². The molecule has 0 unspecified atom stereocenters. The van der Waals surface area contributed by atoms with Crippen molar-refractivity contribution in [1.82, 2.24) is 4.90 Å². The van der Waals surface area contributed by atoms with E-state index < -0.39 is 0 Å². The first-order chi connectivity index (χ1) is 11.5. The molecule has 0 atom stereocenters. The maximum atomic E-state index is 12.0. The lowest BCUT2D eigenvalue weighted by atomic mass is 10.1. The summed E-state index contributed by atoms with van der Waals surface area (Å²) in [6, 6.07) is 13.7. The summed E-state index contributed by atoms with van der Waals surface area (Å²) < 4.78 is 0.706. The fraction of sp³-hybridized carbons (Fsp3) is 0.294. The molecule has 0 aliphatic carbocycles. The van der Waals surface area contributed by atoms with E-state index in [1.165, 1.54) is 16.9 Å². The van der Waals surface area contributed by atoms with Gasteiger partial charge in [-0.1, -0.05) is 47.1 Å². The van der Waals surface area contributed by atoms with Crippen LogP contribution in [-0.4, -0.2) is 30.3 Å². The Morgan fingerprint density at radius 1 is 1.29 bits per heavy atom. The van der Waals surface area contributed by atoms with Gasteiger partial charge >= 0.3 is 0 Å². The Balaban J connectivity index is 1.70. The zero-order valence-electron chi connectivity index (χ0n) is 13.4. The second-order valence-electron chi connectivity index (χ2n) is 5.30. The van der Waals surface area contributed by atoms with Crippen LogP contribution in [0.1, 0.15) is 16.9 Å². The van der Waals surface area contributed by atoms with Crippen LogP contribution >= 0.6 is 22.9 Å². The van der Waals surface area contributed by atoms with Crippen LogP contribution in [0.5, 0.6) is 0 Å². The number of hydrogen-bond acceptors (Lipinski definition) is 4. The van der Waals surface area contributed by atoms with Gasteiger partial charge in [0.15, 0.2) is 6.61 Å². The predicted octanol–water partition coefficient (Wildman–Crippen LogP) is 3.28. The number of aryl methyl sites for hydroxylation is 1. The first-order valence-corrected chi connectivity index (χ1v) is 8.70. The molecule has 1 amide bonds. The molecule has 5 nitrogen and oxygen atoms in total. The van der Waals surface area contributed by atoms with Crippen molar-refractivity contribution in [3.63, 3.8) is 0 Å². The molecule has 0 saturated heterocycles. The maximum Gasteiger partial charge on any atom is 0.263 e. The summed E-state index contributed by atoms with van der Waals surface area (Å²) in [7, 11) is 1.71. The molecular formula is C17H20ClN3O2S. The SMILES string of the molecule is CN(Cc1ccc(Cl)s1)C(=O)CO/N=C(\N)CCc1ccccc1. The molecule has 0 aliphatic heterocycles. The van der Waals surface area contributed by atoms with Crippen molar-refractivity contribution in [2.45, 2.75) is 19.4 Å². The van der Waals surface area contributed by atoms with E-state index >= 15 is 0 Å². The minimum absolute atomic E-state index is 0.137. The van der Waals surface area contributed by atoms with E-state index in [9.17, 15) is 4.79 Å². The average Bonchev–Trinajstić information content (AvgIpc) is 2.98. The Kier molecular flexibility index (Phi) is 7.08. The topological polar surface area (TPSA) is 67.9 Å². The summed E-state index contributed by atoms with van der Waals surface area (Å²) in [5, 5.41) is 3.80. The van der Waals surface area contributed by atoms with Gasteiger partial charge < -0.3 is 15.5 Å². The normalized spacial score (nSPS) is 11.3. The Bertz CT molecular complexity index is 688. The summed E-state index contributed by atoms with van der Waals surface area (Å²) in [5.41, 5.74) is 6.98. The highest BCUT2D eigenvalue weighted by Gasteiger charge is 2.11. The first-order valence-electron chi connectivity index (χ1n) is 7.51. The number of oxime groups is 1. The molecular weight excluding hydrogens is 346 g/mol. The first kappa shape index (κ1) is 18.3. The van der Waals surface area contributed by atoms with E-state index in [4.69, 9.17) is 22.2 Å². The summed E-state index contributed by atoms with van der Waals surface area (Å²) in [4.78, 5) is 19.6. The maximum absolute atomic E-state index is 12.0. The number of hydrogen-bond donors (Lipinski definition) is 1. The van der Waals surface area contributed by atoms with E-state index in [0.717, 1.165) is 11.3 Å². The van der Waals surface area contributed by atoms with Crippen LogP contribution in [-0.2, 0) is 22.6 Å². The molecule has 0 spiro atoms. The second kappa shape index (κ2) is 9.30. The molecule has 0 fully saturated rings. The molecule has 0 aliphatic rings. The second-order valence-corrected chi connectivity index (χ2v) is 7.10. The summed E-state index contributed by atoms with van der Waals surface area (Å²) in [6.07, 6.45) is 1.37. The number of likely N-dealkylation sites (N-methyl/N-ethyl adjacent to an activating group) is 1. The molecule has 24 heavy (non-hydrogen) atoms. The van der Waals surface area contributed by atoms with Crippen molar-refractivity contribution in [2.24, 2.45) is 10.9 Å². The lowest BCUT2D eigenvalue weighted by molar-refractivity contribution is -0.135. The number of amidine groups is 1. The van der Waals surface area contributed by atoms with Crippen LogP contribution in [0.15, 0.2) is 47.6 Å². The van der Waals surface area contributed by atoms with E-state index in [1.807, 2.05) is 42.5 Å². The average molecular weight is 366 g/mol. The van der Waals surface area contributed by atoms with Crippen molar-refractivity contribution < 1.29 is 9.63 Å². The molecule has 128 valence electrons. The molecule has 2 N–H and O–H groups in total. The number of halogens is 1. The van der Waals surface area contributed by atoms with Gasteiger partial charge in [-0.25, -0.2) is 0 Å². The van der Waals surface area contributed by atoms with Gasteiger partial charge in [-0.05, 0) is 24.1 Å². The Morgan fingerprint density at radius 2 is 2.04 bits per heavy atom. The van der Waals surface area contributed by atoms with Crippen LogP contribution in [0.4, 0.5) is 0 Å². The van der Waals surface area contributed by atoms with Gasteiger partial charge in [0.05, 0.1) is 10.9 Å². The van der Waals surface area contributed by atoms with Gasteiger partial charge in [0, 0.05) is 18.3 Å². The molecule has 0 radical (unpaired) electrons. The zero-order chi connectivity index (χ0) is 17.4. The minimum Gasteiger partial charge on any atom is -0.384 e. The molecule has 1 heterocycles. The molecule has 2 aromatic rings. The monoisotopic (exact) mass is 365 g/mol. The van der Waals surface area contributed by atoms with Crippen LogP contribution in [0, 0.1) is 0 Å². The number of rotatable bonds is 8. The van der Waals surface area contributed by atoms with Gasteiger partial charge in [-0.2, -0.15) is 0 Å². The van der Waals surface area contributed by atoms with Gasteiger partial charge in [-0.3, -0.25) is 4.79 Å². The van der Waals surface area contributed by atoms with Crippen molar-refractivity contribution >= 4 is 34.7 Å². The number of nitrogens with zero attached hydrogens (tertiary/aromatic N) is 2. The van der Waals surface area contributed by atoms with Crippen LogP contribution in [0.3, 0.4) is 0 Å². The molecule has 7 heteroatoms. The fourth-order valence-electron chi connectivity index (χ4n) is 2.00. The number of thiophene rings is 1. The van der Waals surface area contributed by atoms with Crippen LogP contribution < -0.4 is 5.73 Å². The number of nitrogens with two attached hydrogens (primary N) is 1. The molecule has 0 saturated carbocycles. The summed E-state index contributed by atoms with van der Waals surface area (Å²) >= 11 is 7.32. The van der Waals surface area contributed by atoms with E-state index in [-0.39, 0.29) is 12.5 Å². The third-order valence-corrected chi connectivity index (χ3v) is 4.55. The Labute approximate surface area is 150 Å². The number of carbonyl (C=O) groups is 1. The van der Waals surface area contributed by atoms with Crippen molar-refractivity contribution in [3.05, 3.63) is 57.2 Å². The third-order valence-electron chi connectivity index (χ3n) is 3.33. The Morgan fingerprint density at radius 3 is 2.71 bits per heavy atom. The van der Waals surface area contributed by atoms with Gasteiger partial charge in [-0.15, -0.1) is 11.3 Å². The highest BCUT2D eigenvalue weighted by atomic mass is 35.5. The fourth-order valence-corrected chi connectivity index (χ4v) is 3.14. The van der Waals surface area contributed by atoms with Crippen molar-refractivity contribution in [2.75, 3.05) is 13.7 Å². The number of amides is 1. The molecule has 1 aromatic heterocycles. The van der Waals surface area contributed by atoms with Gasteiger partial charge in [0.25, 0.3) is 5.91 Å². The summed E-state index contributed by atoms with van der Waals surface area (Å²) in [5.74, 6) is 0.207. The number of carbonyl (C=O) groups excluding carboxylic acids is 1. The number of benzene rings is 1. The van der Waals surface area contributed by atoms with Crippen molar-refractivity contribution in [1.29, 1.82) is 0 Å². The minimum atomic E-state index is -0.167. The zero-order valence-corrected chi connectivity index (χ0v) is 15.0. The largest absolute Gasteiger partial charge is 0.384 e. The standard InChI is InChI=1S/C17H20ClN3O2S/c1-21(11-14-8-9-15(18)24-14)17(22)12-23-20-16(19)10-7-13-5-3-2-4-6-13/h2-6,8-9H,7,10-12H2,1H3,(H2,19,20). The highest BCUT2D eigenvalue weighted by molar-refractivity contribution is 7.16. The van der Waals surface area contributed by atoms with Crippen LogP contribution in [0.2, 0.25) is 4.34 Å². The van der Waals surface area contributed by atoms with Crippen molar-refractivity contribution in [3.8, 4) is 0 Å². The quantitative estimate of drug-likeness (QED) is 0.443. The van der Waals surface area contributed by atoms with Gasteiger partial charge in [0.1, 0.15) is 5.84 Å². The molecule has 1 aromatic carbocycles. The lowest BCUT2D eigenvalue weighted by Gasteiger charge is -2.15. The lowest BCUT2D eigenvalue weighted by Crippen LogP contribution is -2.29. The smallest absolute Gasteiger partial charge is 0.263 e.